The van der Waals surface area contributed by atoms with Crippen molar-refractivity contribution in [1.82, 2.24) is 10.0 Å². The number of nitrogens with zero attached hydrogens (tertiary/aromatic N) is 2. The van der Waals surface area contributed by atoms with Gasteiger partial charge < -0.3 is 20.1 Å². The third-order valence-corrected chi connectivity index (χ3v) is 14.4. The largest absolute Gasteiger partial charge is 0.490 e. The molecule has 3 aliphatic carbocycles. The Labute approximate surface area is 297 Å². The van der Waals surface area contributed by atoms with Crippen molar-refractivity contribution >= 4 is 39.1 Å². The lowest BCUT2D eigenvalue weighted by Gasteiger charge is -2.45. The van der Waals surface area contributed by atoms with Crippen molar-refractivity contribution in [2.45, 2.75) is 88.0 Å². The summed E-state index contributed by atoms with van der Waals surface area (Å²) in [6.07, 6.45) is 5.67. The quantitative estimate of drug-likeness (QED) is 0.304. The fourth-order valence-electron chi connectivity index (χ4n) is 8.25. The first-order valence-corrected chi connectivity index (χ1v) is 19.6. The molecule has 1 spiro atoms. The number of fused-ring (bicyclic) bond motifs is 4. The molecule has 1 unspecified atom stereocenters. The number of carbonyl (C=O) groups excluding carboxylic acids is 2. The minimum atomic E-state index is -3.75. The first kappa shape index (κ1) is 35.2. The first-order chi connectivity index (χ1) is 23.9. The highest BCUT2D eigenvalue weighted by molar-refractivity contribution is 7.93. The highest BCUT2D eigenvalue weighted by atomic mass is 35.5. The van der Waals surface area contributed by atoms with Crippen LogP contribution in [0.4, 0.5) is 19.3 Å². The standard InChI is InChI=1S/C37H45ClF2N4O5S/c1-21-5-3-7-32(45)27-11-8-25(27)18-44-19-37(14-4-6-23-15-26(38)10-12-29(23)37)20-49-33-13-9-24(16-31(33)44)35(46)42-50(48,22(21)2)43-36(47)41-30-17-28(30)34(39)40/h3,7,9-10,12-13,15-16,21-22,25,27-28,30,32,34,45H,4-6,8,11,14,17-20H2,1-2H3,(H2,41,42,43,46,47,48)/b7-3+/t21-,22+,25-,27+,28+,30+,32-,37-,50?/m0/s1. The van der Waals surface area contributed by atoms with E-state index >= 15 is 0 Å². The van der Waals surface area contributed by atoms with Crippen LogP contribution in [0.15, 0.2) is 52.9 Å². The number of aliphatic hydroxyl groups is 1. The highest BCUT2D eigenvalue weighted by Gasteiger charge is 2.46. The number of nitrogens with one attached hydrogen (secondary N) is 2. The molecule has 3 N–H and O–H groups in total. The van der Waals surface area contributed by atoms with E-state index in [2.05, 4.69) is 25.4 Å². The fraction of sp³-hybridized carbons (Fsp3) is 0.568. The third kappa shape index (κ3) is 6.87. The SMILES string of the molecule is C[C@@H]1[C@@H](C)C/C=C/[C@H](O)[C@@H]2CC[C@H]2CN2C[C@@]3(CCCc4cc(Cl)ccc43)COc3ccc(cc32)C(=O)N=S1(=O)NC(=O)N[C@@H]1C[C@H]1C(F)F. The van der Waals surface area contributed by atoms with Crippen LogP contribution in [-0.4, -0.2) is 64.8 Å². The second-order valence-electron chi connectivity index (χ2n) is 15.0. The predicted octanol–water partition coefficient (Wildman–Crippen LogP) is 6.66. The molecule has 0 radical (unpaired) electrons. The Kier molecular flexibility index (Phi) is 9.66. The van der Waals surface area contributed by atoms with Crippen molar-refractivity contribution in [2.24, 2.45) is 28.0 Å². The van der Waals surface area contributed by atoms with E-state index in [-0.39, 0.29) is 35.2 Å². The Morgan fingerprint density at radius 2 is 2.02 bits per heavy atom. The van der Waals surface area contributed by atoms with E-state index in [1.165, 1.54) is 11.1 Å². The summed E-state index contributed by atoms with van der Waals surface area (Å²) in [5.74, 6) is -1.14. The van der Waals surface area contributed by atoms with Crippen molar-refractivity contribution in [1.29, 1.82) is 0 Å². The van der Waals surface area contributed by atoms with Crippen LogP contribution in [0.3, 0.4) is 0 Å². The Bertz CT molecular complexity index is 1820. The average Bonchev–Trinajstić information content (AvgIpc) is 3.85. The van der Waals surface area contributed by atoms with Crippen LogP contribution in [0.5, 0.6) is 5.75 Å². The molecular formula is C37H45ClF2N4O5S. The van der Waals surface area contributed by atoms with E-state index < -0.39 is 51.6 Å². The van der Waals surface area contributed by atoms with Crippen molar-refractivity contribution in [3.05, 3.63) is 70.3 Å². The van der Waals surface area contributed by atoms with Gasteiger partial charge in [0.15, 0.2) is 0 Å². The lowest BCUT2D eigenvalue weighted by molar-refractivity contribution is 0.0456. The van der Waals surface area contributed by atoms with Gasteiger partial charge in [0.1, 0.15) is 15.7 Å². The number of benzene rings is 2. The zero-order valence-electron chi connectivity index (χ0n) is 28.3. The molecule has 2 aliphatic heterocycles. The topological polar surface area (TPSA) is 120 Å². The molecule has 2 saturated carbocycles. The molecular weight excluding hydrogens is 686 g/mol. The molecule has 50 heavy (non-hydrogen) atoms. The van der Waals surface area contributed by atoms with E-state index in [9.17, 15) is 27.7 Å². The number of anilines is 1. The van der Waals surface area contributed by atoms with Crippen LogP contribution in [0, 0.1) is 23.7 Å². The number of ether oxygens (including phenoxy) is 1. The van der Waals surface area contributed by atoms with Gasteiger partial charge in [0, 0.05) is 41.1 Å². The van der Waals surface area contributed by atoms with Crippen LogP contribution >= 0.6 is 11.6 Å². The fourth-order valence-corrected chi connectivity index (χ4v) is 10.3. The first-order valence-electron chi connectivity index (χ1n) is 17.7. The number of aliphatic hydroxyl groups excluding tert-OH is 1. The number of hydrogen-bond donors (Lipinski definition) is 3. The maximum atomic E-state index is 14.5. The second kappa shape index (κ2) is 13.7. The van der Waals surface area contributed by atoms with Crippen molar-refractivity contribution in [3.8, 4) is 5.75 Å². The summed E-state index contributed by atoms with van der Waals surface area (Å²) in [6, 6.07) is 9.52. The van der Waals surface area contributed by atoms with Crippen LogP contribution in [0.2, 0.25) is 5.02 Å². The molecule has 0 aromatic heterocycles. The zero-order chi connectivity index (χ0) is 35.4. The van der Waals surface area contributed by atoms with Crippen LogP contribution in [-0.2, 0) is 21.8 Å². The van der Waals surface area contributed by atoms with Crippen LogP contribution in [0.1, 0.15) is 73.9 Å². The van der Waals surface area contributed by atoms with Gasteiger partial charge in [-0.05, 0) is 111 Å². The molecule has 2 fully saturated rings. The number of rotatable bonds is 3. The summed E-state index contributed by atoms with van der Waals surface area (Å²) >= 11 is 6.41. The smallest absolute Gasteiger partial charge is 0.327 e. The number of hydrogen-bond acceptors (Lipinski definition) is 6. The van der Waals surface area contributed by atoms with Crippen molar-refractivity contribution in [3.63, 3.8) is 0 Å². The number of amides is 3. The van der Waals surface area contributed by atoms with Gasteiger partial charge in [-0.25, -0.2) is 22.5 Å². The molecule has 9 atom stereocenters. The molecule has 270 valence electrons. The number of aryl methyl sites for hydroxylation is 1. The van der Waals surface area contributed by atoms with E-state index in [1.807, 2.05) is 25.1 Å². The van der Waals surface area contributed by atoms with Gasteiger partial charge in [-0.2, -0.15) is 0 Å². The van der Waals surface area contributed by atoms with Gasteiger partial charge in [0.05, 0.1) is 23.6 Å². The van der Waals surface area contributed by atoms with E-state index in [0.29, 0.717) is 36.9 Å². The summed E-state index contributed by atoms with van der Waals surface area (Å²) in [6.45, 7) is 5.22. The molecule has 2 heterocycles. The third-order valence-electron chi connectivity index (χ3n) is 11.7. The molecule has 7 rings (SSSR count). The van der Waals surface area contributed by atoms with E-state index in [0.717, 1.165) is 37.8 Å². The number of urea groups is 1. The minimum Gasteiger partial charge on any atom is -0.490 e. The summed E-state index contributed by atoms with van der Waals surface area (Å²) in [4.78, 5) is 29.2. The maximum absolute atomic E-state index is 14.5. The lowest BCUT2D eigenvalue weighted by atomic mass is 9.68. The number of allylic oxidation sites excluding steroid dienone is 1. The van der Waals surface area contributed by atoms with Crippen molar-refractivity contribution in [2.75, 3.05) is 24.6 Å². The molecule has 0 saturated heterocycles. The molecule has 2 aromatic rings. The summed E-state index contributed by atoms with van der Waals surface area (Å²) in [5, 5.41) is 13.7. The maximum Gasteiger partial charge on any atom is 0.327 e. The van der Waals surface area contributed by atoms with Gasteiger partial charge in [-0.3, -0.25) is 4.79 Å². The van der Waals surface area contributed by atoms with Gasteiger partial charge in [0.2, 0.25) is 6.43 Å². The molecule has 9 nitrogen and oxygen atoms in total. The highest BCUT2D eigenvalue weighted by Crippen LogP contribution is 2.47. The Balaban J connectivity index is 1.27. The van der Waals surface area contributed by atoms with E-state index in [1.54, 1.807) is 31.2 Å². The van der Waals surface area contributed by atoms with Gasteiger partial charge in [-0.15, -0.1) is 4.36 Å². The Morgan fingerprint density at radius 1 is 1.20 bits per heavy atom. The number of halogens is 3. The lowest BCUT2D eigenvalue weighted by Crippen LogP contribution is -2.49. The molecule has 2 aromatic carbocycles. The Morgan fingerprint density at radius 3 is 2.76 bits per heavy atom. The Hall–Kier alpha value is -3.22. The van der Waals surface area contributed by atoms with Gasteiger partial charge >= 0.3 is 6.03 Å². The minimum absolute atomic E-state index is 0.0572. The molecule has 3 amide bonds. The van der Waals surface area contributed by atoms with Crippen LogP contribution < -0.4 is 19.7 Å². The number of carbonyl (C=O) groups is 2. The van der Waals surface area contributed by atoms with Gasteiger partial charge in [-0.1, -0.05) is 36.7 Å². The second-order valence-corrected chi connectivity index (χ2v) is 17.7. The van der Waals surface area contributed by atoms with Gasteiger partial charge in [0.25, 0.3) is 5.91 Å². The van der Waals surface area contributed by atoms with Crippen LogP contribution in [0.25, 0.3) is 0 Å². The zero-order valence-corrected chi connectivity index (χ0v) is 29.9. The molecule has 2 bridgehead atoms. The summed E-state index contributed by atoms with van der Waals surface area (Å²) < 4.78 is 54.0. The number of alkyl halides is 2. The molecule has 13 heteroatoms. The van der Waals surface area contributed by atoms with E-state index in [4.69, 9.17) is 16.3 Å². The summed E-state index contributed by atoms with van der Waals surface area (Å²) in [5.41, 5.74) is 3.01. The average molecular weight is 731 g/mol. The molecule has 5 aliphatic rings. The summed E-state index contributed by atoms with van der Waals surface area (Å²) in [7, 11) is -3.75. The predicted molar refractivity (Wildman–Crippen MR) is 189 cm³/mol. The monoisotopic (exact) mass is 730 g/mol. The van der Waals surface area contributed by atoms with Crippen molar-refractivity contribution < 1.29 is 32.4 Å². The normalized spacial score (nSPS) is 35.8.